The lowest BCUT2D eigenvalue weighted by molar-refractivity contribution is -0.116. The SMILES string of the molecule is CCN=C1CC=C(Br)C=C(C(=O)/C=C/c2ccc(OC)cc2)C1=O. The van der Waals surface area contributed by atoms with Gasteiger partial charge in [0.2, 0.25) is 5.78 Å². The van der Waals surface area contributed by atoms with E-state index in [9.17, 15) is 9.59 Å². The van der Waals surface area contributed by atoms with E-state index >= 15 is 0 Å². The molecule has 5 heteroatoms. The molecule has 1 aliphatic carbocycles. The fourth-order valence-corrected chi connectivity index (χ4v) is 2.58. The second kappa shape index (κ2) is 8.55. The molecule has 1 aliphatic rings. The average molecular weight is 388 g/mol. The first-order valence-electron chi connectivity index (χ1n) is 7.57. The third kappa shape index (κ3) is 4.61. The Kier molecular flexibility index (Phi) is 6.44. The van der Waals surface area contributed by atoms with Crippen LogP contribution in [-0.2, 0) is 9.59 Å². The fourth-order valence-electron chi connectivity index (χ4n) is 2.19. The predicted molar refractivity (Wildman–Crippen MR) is 99.7 cm³/mol. The number of methoxy groups -OCH3 is 1. The van der Waals surface area contributed by atoms with Crippen molar-refractivity contribution in [2.75, 3.05) is 13.7 Å². The van der Waals surface area contributed by atoms with Crippen LogP contribution in [0.4, 0.5) is 0 Å². The molecule has 0 fully saturated rings. The maximum atomic E-state index is 12.5. The van der Waals surface area contributed by atoms with E-state index in [0.29, 0.717) is 23.2 Å². The topological polar surface area (TPSA) is 55.7 Å². The number of hydrogen-bond donors (Lipinski definition) is 0. The quantitative estimate of drug-likeness (QED) is 0.568. The van der Waals surface area contributed by atoms with Crippen LogP contribution in [0.25, 0.3) is 6.08 Å². The van der Waals surface area contributed by atoms with Crippen molar-refractivity contribution in [1.82, 2.24) is 0 Å². The summed E-state index contributed by atoms with van der Waals surface area (Å²) in [6, 6.07) is 7.30. The summed E-state index contributed by atoms with van der Waals surface area (Å²) in [4.78, 5) is 29.1. The number of hydrogen-bond acceptors (Lipinski definition) is 4. The molecule has 0 aliphatic heterocycles. The molecular weight excluding hydrogens is 370 g/mol. The van der Waals surface area contributed by atoms with Crippen molar-refractivity contribution < 1.29 is 14.3 Å². The average Bonchev–Trinajstić information content (AvgIpc) is 2.74. The largest absolute Gasteiger partial charge is 0.497 e. The van der Waals surface area contributed by atoms with Crippen LogP contribution in [0.1, 0.15) is 18.9 Å². The Balaban J connectivity index is 2.22. The summed E-state index contributed by atoms with van der Waals surface area (Å²) in [6.45, 7) is 2.37. The molecule has 0 bridgehead atoms. The van der Waals surface area contributed by atoms with Gasteiger partial charge in [-0.15, -0.1) is 0 Å². The maximum absolute atomic E-state index is 12.5. The lowest BCUT2D eigenvalue weighted by Crippen LogP contribution is -2.20. The lowest BCUT2D eigenvalue weighted by Gasteiger charge is -2.03. The highest BCUT2D eigenvalue weighted by molar-refractivity contribution is 9.11. The second-order valence-corrected chi connectivity index (χ2v) is 5.99. The van der Waals surface area contributed by atoms with E-state index in [2.05, 4.69) is 20.9 Å². The zero-order chi connectivity index (χ0) is 17.5. The van der Waals surface area contributed by atoms with Crippen molar-refractivity contribution in [1.29, 1.82) is 0 Å². The molecule has 4 nitrogen and oxygen atoms in total. The molecule has 24 heavy (non-hydrogen) atoms. The number of carbonyl (C=O) groups excluding carboxylic acids is 2. The highest BCUT2D eigenvalue weighted by atomic mass is 79.9. The van der Waals surface area contributed by atoms with E-state index in [0.717, 1.165) is 11.3 Å². The Morgan fingerprint density at radius 3 is 2.67 bits per heavy atom. The number of rotatable bonds is 5. The molecule has 124 valence electrons. The van der Waals surface area contributed by atoms with Crippen LogP contribution < -0.4 is 4.74 Å². The van der Waals surface area contributed by atoms with Gasteiger partial charge in [0.1, 0.15) is 5.75 Å². The van der Waals surface area contributed by atoms with Crippen molar-refractivity contribution in [2.24, 2.45) is 4.99 Å². The fraction of sp³-hybridized carbons (Fsp3) is 0.211. The van der Waals surface area contributed by atoms with E-state index in [1.807, 2.05) is 37.3 Å². The number of halogens is 1. The summed E-state index contributed by atoms with van der Waals surface area (Å²) in [5.41, 5.74) is 1.37. The maximum Gasteiger partial charge on any atom is 0.211 e. The van der Waals surface area contributed by atoms with Crippen LogP contribution in [0.2, 0.25) is 0 Å². The van der Waals surface area contributed by atoms with Gasteiger partial charge in [-0.1, -0.05) is 40.2 Å². The van der Waals surface area contributed by atoms with Crippen LogP contribution in [0.5, 0.6) is 5.75 Å². The summed E-state index contributed by atoms with van der Waals surface area (Å²) >= 11 is 3.35. The minimum Gasteiger partial charge on any atom is -0.497 e. The predicted octanol–water partition coefficient (Wildman–Crippen LogP) is 3.92. The standard InChI is InChI=1S/C19H18BrNO3/c1-3-21-17-10-7-14(20)12-16(19(17)23)18(22)11-6-13-4-8-15(24-2)9-5-13/h4-9,11-12H,3,10H2,1-2H3/b11-6+,21-17?. The molecule has 1 aromatic carbocycles. The molecule has 0 unspecified atom stereocenters. The van der Waals surface area contributed by atoms with E-state index < -0.39 is 0 Å². The minimum atomic E-state index is -0.341. The number of nitrogens with zero attached hydrogens (tertiary/aromatic N) is 1. The molecule has 0 saturated heterocycles. The van der Waals surface area contributed by atoms with Crippen LogP contribution in [0.15, 0.2) is 57.5 Å². The summed E-state index contributed by atoms with van der Waals surface area (Å²) < 4.78 is 5.80. The lowest BCUT2D eigenvalue weighted by atomic mass is 10.0. The number of allylic oxidation sites excluding steroid dienone is 5. The molecule has 0 aromatic heterocycles. The molecule has 0 radical (unpaired) electrons. The normalized spacial score (nSPS) is 16.8. The second-order valence-electron chi connectivity index (χ2n) is 5.07. The third-order valence-electron chi connectivity index (χ3n) is 3.44. The van der Waals surface area contributed by atoms with Crippen LogP contribution in [-0.4, -0.2) is 30.9 Å². The Labute approximate surface area is 149 Å². The number of Topliss-reactive ketones (excluding diaryl/α,β-unsaturated/α-hetero) is 1. The smallest absolute Gasteiger partial charge is 0.211 e. The van der Waals surface area contributed by atoms with E-state index in [4.69, 9.17) is 4.74 Å². The van der Waals surface area contributed by atoms with Gasteiger partial charge in [0.05, 0.1) is 18.4 Å². The van der Waals surface area contributed by atoms with Crippen LogP contribution >= 0.6 is 15.9 Å². The molecule has 2 rings (SSSR count). The highest BCUT2D eigenvalue weighted by Gasteiger charge is 2.23. The Morgan fingerprint density at radius 2 is 2.04 bits per heavy atom. The molecule has 0 heterocycles. The molecule has 0 saturated carbocycles. The number of ketones is 2. The highest BCUT2D eigenvalue weighted by Crippen LogP contribution is 2.19. The van der Waals surface area contributed by atoms with Gasteiger partial charge in [-0.3, -0.25) is 14.6 Å². The van der Waals surface area contributed by atoms with Crippen molar-refractivity contribution in [3.8, 4) is 5.75 Å². The Morgan fingerprint density at radius 1 is 1.33 bits per heavy atom. The molecule has 1 aromatic rings. The van der Waals surface area contributed by atoms with Crippen LogP contribution in [0, 0.1) is 0 Å². The molecule has 0 amide bonds. The van der Waals surface area contributed by atoms with Gasteiger partial charge >= 0.3 is 0 Å². The van der Waals surface area contributed by atoms with E-state index in [1.165, 1.54) is 6.08 Å². The van der Waals surface area contributed by atoms with Gasteiger partial charge in [-0.05, 0) is 36.8 Å². The summed E-state index contributed by atoms with van der Waals surface area (Å²) in [5.74, 6) is 0.0911. The Hall–Kier alpha value is -2.27. The first kappa shape index (κ1) is 18.1. The monoisotopic (exact) mass is 387 g/mol. The van der Waals surface area contributed by atoms with Gasteiger partial charge in [0.25, 0.3) is 0 Å². The number of benzene rings is 1. The Bertz CT molecular complexity index is 755. The molecular formula is C19H18BrNO3. The van der Waals surface area contributed by atoms with Crippen molar-refractivity contribution in [2.45, 2.75) is 13.3 Å². The zero-order valence-electron chi connectivity index (χ0n) is 13.6. The first-order valence-corrected chi connectivity index (χ1v) is 8.36. The number of aliphatic imine (C=N–C) groups is 1. The number of carbonyl (C=O) groups is 2. The van der Waals surface area contributed by atoms with Crippen molar-refractivity contribution in [3.05, 3.63) is 58.1 Å². The van der Waals surface area contributed by atoms with Gasteiger partial charge in [-0.2, -0.15) is 0 Å². The third-order valence-corrected chi connectivity index (χ3v) is 3.99. The molecule has 0 atom stereocenters. The summed E-state index contributed by atoms with van der Waals surface area (Å²) in [6.07, 6.45) is 6.89. The molecule has 0 N–H and O–H groups in total. The molecule has 0 spiro atoms. The minimum absolute atomic E-state index is 0.118. The van der Waals surface area contributed by atoms with E-state index in [1.54, 1.807) is 19.3 Å². The van der Waals surface area contributed by atoms with E-state index in [-0.39, 0.29) is 17.1 Å². The van der Waals surface area contributed by atoms with Crippen LogP contribution in [0.3, 0.4) is 0 Å². The number of ether oxygens (including phenoxy) is 1. The zero-order valence-corrected chi connectivity index (χ0v) is 15.2. The van der Waals surface area contributed by atoms with Gasteiger partial charge in [-0.25, -0.2) is 0 Å². The van der Waals surface area contributed by atoms with Gasteiger partial charge in [0.15, 0.2) is 5.78 Å². The van der Waals surface area contributed by atoms with Gasteiger partial charge in [0, 0.05) is 17.4 Å². The summed E-state index contributed by atoms with van der Waals surface area (Å²) in [7, 11) is 1.60. The van der Waals surface area contributed by atoms with Gasteiger partial charge < -0.3 is 4.74 Å². The van der Waals surface area contributed by atoms with Crippen molar-refractivity contribution >= 4 is 39.3 Å². The van der Waals surface area contributed by atoms with Crippen molar-refractivity contribution in [3.63, 3.8) is 0 Å². The first-order chi connectivity index (χ1) is 11.5. The summed E-state index contributed by atoms with van der Waals surface area (Å²) in [5, 5.41) is 0.